The predicted octanol–water partition coefficient (Wildman–Crippen LogP) is 9.63. The van der Waals surface area contributed by atoms with E-state index in [4.69, 9.17) is 28.9 Å². The van der Waals surface area contributed by atoms with E-state index < -0.39 is 34.9 Å². The fourth-order valence-electron chi connectivity index (χ4n) is 9.79. The molecular weight excluding hydrogens is 857 g/mol. The summed E-state index contributed by atoms with van der Waals surface area (Å²) in [7, 11) is 0. The van der Waals surface area contributed by atoms with Crippen LogP contribution in [0.1, 0.15) is 80.9 Å². The Labute approximate surface area is 391 Å². The number of ether oxygens (including phenoxy) is 4. The molecule has 6 unspecified atom stereocenters. The number of nitro groups is 1. The van der Waals surface area contributed by atoms with Crippen LogP contribution in [-0.2, 0) is 22.7 Å². The van der Waals surface area contributed by atoms with Crippen molar-refractivity contribution >= 4 is 23.6 Å². The first kappa shape index (κ1) is 48.4. The van der Waals surface area contributed by atoms with E-state index in [0.29, 0.717) is 49.3 Å². The zero-order valence-corrected chi connectivity index (χ0v) is 37.9. The van der Waals surface area contributed by atoms with Crippen LogP contribution in [0.3, 0.4) is 0 Å². The molecule has 3 N–H and O–H groups in total. The average Bonchev–Trinajstić information content (AvgIpc) is 3.34. The van der Waals surface area contributed by atoms with Crippen molar-refractivity contribution in [3.63, 3.8) is 0 Å². The third kappa shape index (κ3) is 11.5. The van der Waals surface area contributed by atoms with Gasteiger partial charge in [0.15, 0.2) is 0 Å². The van der Waals surface area contributed by atoms with Crippen molar-refractivity contribution in [3.8, 4) is 17.2 Å². The Morgan fingerprint density at radius 1 is 0.925 bits per heavy atom. The predicted molar refractivity (Wildman–Crippen MR) is 252 cm³/mol. The van der Waals surface area contributed by atoms with E-state index in [1.54, 1.807) is 23.1 Å². The summed E-state index contributed by atoms with van der Waals surface area (Å²) in [6.07, 6.45) is 7.33. The molecule has 0 spiro atoms. The van der Waals surface area contributed by atoms with E-state index in [1.165, 1.54) is 24.3 Å². The average molecular weight is 917 g/mol. The summed E-state index contributed by atoms with van der Waals surface area (Å²) < 4.78 is 26.2. The summed E-state index contributed by atoms with van der Waals surface area (Å²) in [5.74, 6) is -1.77. The lowest BCUT2D eigenvalue weighted by molar-refractivity contribution is -0.384. The number of amides is 2. The maximum Gasteiger partial charge on any atom is 0.415 e. The Balaban J connectivity index is 1.38. The van der Waals surface area contributed by atoms with Gasteiger partial charge in [-0.25, -0.2) is 9.59 Å². The first-order valence-corrected chi connectivity index (χ1v) is 23.2. The highest BCUT2D eigenvalue weighted by molar-refractivity contribution is 6.03. The highest BCUT2D eigenvalue weighted by atomic mass is 16.7. The molecule has 15 heteroatoms. The van der Waals surface area contributed by atoms with Gasteiger partial charge in [-0.15, -0.1) is 6.58 Å². The Morgan fingerprint density at radius 2 is 1.61 bits per heavy atom. The second kappa shape index (κ2) is 23.3. The first-order chi connectivity index (χ1) is 32.7. The third-order valence-electron chi connectivity index (χ3n) is 12.7. The van der Waals surface area contributed by atoms with Crippen molar-refractivity contribution in [1.29, 1.82) is 0 Å². The summed E-state index contributed by atoms with van der Waals surface area (Å²) in [4.78, 5) is 46.7. The maximum absolute atomic E-state index is 14.7. The summed E-state index contributed by atoms with van der Waals surface area (Å²) >= 11 is 0. The van der Waals surface area contributed by atoms with Crippen LogP contribution in [0.4, 0.5) is 15.3 Å². The Morgan fingerprint density at radius 3 is 2.28 bits per heavy atom. The molecular formula is C52H60N4O11. The lowest BCUT2D eigenvalue weighted by Gasteiger charge is -2.59. The van der Waals surface area contributed by atoms with Gasteiger partial charge in [-0.05, 0) is 91.0 Å². The van der Waals surface area contributed by atoms with Crippen LogP contribution in [0.25, 0.3) is 0 Å². The molecule has 4 aromatic rings. The minimum atomic E-state index is -1.57. The number of hydrogen-bond donors (Lipinski definition) is 3. The molecule has 3 aliphatic rings. The quantitative estimate of drug-likeness (QED) is 0.0294. The number of carbonyl (C=O) groups excluding carboxylic acids is 2. The molecule has 354 valence electrons. The van der Waals surface area contributed by atoms with Crippen LogP contribution in [0.5, 0.6) is 17.2 Å². The second-order valence-corrected chi connectivity index (χ2v) is 17.1. The number of benzene rings is 4. The first-order valence-electron chi connectivity index (χ1n) is 23.2. The highest BCUT2D eigenvalue weighted by Gasteiger charge is 2.65. The summed E-state index contributed by atoms with van der Waals surface area (Å²) in [5, 5.41) is 39.1. The number of nitrogens with zero attached hydrogens (tertiary/aromatic N) is 3. The summed E-state index contributed by atoms with van der Waals surface area (Å²) in [6, 6.07) is 29.0. The SMILES string of the molecule is C=CCOC12Oc3ccc(OC(=O)NCc4ccccc4)cc3C3C(CCCCO)C(CCCCO)C=C(C(=NOCc4ccccc4)CC1N(CCC)C(=O)Oc1ccc([N+](=O)[O-])cc1)C32. The Bertz CT molecular complexity index is 2360. The van der Waals surface area contributed by atoms with Gasteiger partial charge in [0.2, 0.25) is 5.79 Å². The van der Waals surface area contributed by atoms with Gasteiger partial charge in [0.05, 0.1) is 23.2 Å². The normalized spacial score (nSPS) is 22.0. The number of fused-ring (bicyclic) bond motifs is 2. The fourth-order valence-corrected chi connectivity index (χ4v) is 9.79. The maximum atomic E-state index is 14.7. The molecule has 2 amide bonds. The van der Waals surface area contributed by atoms with E-state index >= 15 is 0 Å². The van der Waals surface area contributed by atoms with Crippen LogP contribution in [0, 0.1) is 27.9 Å². The molecule has 1 fully saturated rings. The molecule has 0 saturated heterocycles. The van der Waals surface area contributed by atoms with Gasteiger partial charge in [0.1, 0.15) is 29.9 Å². The van der Waals surface area contributed by atoms with Gasteiger partial charge >= 0.3 is 12.2 Å². The second-order valence-electron chi connectivity index (χ2n) is 17.1. The van der Waals surface area contributed by atoms with E-state index in [1.807, 2.05) is 73.7 Å². The van der Waals surface area contributed by atoms with E-state index in [9.17, 15) is 29.9 Å². The molecule has 0 radical (unpaired) electrons. The van der Waals surface area contributed by atoms with Crippen LogP contribution >= 0.6 is 0 Å². The van der Waals surface area contributed by atoms with Crippen molar-refractivity contribution in [3.05, 3.63) is 154 Å². The molecule has 4 aromatic carbocycles. The number of nitro benzene ring substituents is 1. The number of non-ortho nitro benzene ring substituents is 1. The molecule has 1 saturated carbocycles. The smallest absolute Gasteiger partial charge is 0.415 e. The van der Waals surface area contributed by atoms with E-state index in [0.717, 1.165) is 35.1 Å². The lowest BCUT2D eigenvalue weighted by atomic mass is 9.55. The lowest BCUT2D eigenvalue weighted by Crippen LogP contribution is -2.70. The van der Waals surface area contributed by atoms with Crippen LogP contribution < -0.4 is 19.5 Å². The van der Waals surface area contributed by atoms with E-state index in [-0.39, 0.29) is 75.1 Å². The molecule has 1 aliphatic heterocycles. The number of aliphatic hydroxyl groups excluding tert-OH is 2. The summed E-state index contributed by atoms with van der Waals surface area (Å²) in [5.41, 5.74) is 3.90. The molecule has 0 bridgehead atoms. The topological polar surface area (TPSA) is 192 Å². The Kier molecular flexibility index (Phi) is 16.8. The van der Waals surface area contributed by atoms with Gasteiger partial charge in [-0.1, -0.05) is 97.7 Å². The molecule has 67 heavy (non-hydrogen) atoms. The number of nitrogens with one attached hydrogen (secondary N) is 1. The van der Waals surface area contributed by atoms with Gasteiger partial charge in [-0.3, -0.25) is 15.0 Å². The van der Waals surface area contributed by atoms with Crippen molar-refractivity contribution in [2.75, 3.05) is 26.4 Å². The minimum absolute atomic E-state index is 0.0275. The number of hydrogen-bond acceptors (Lipinski definition) is 12. The number of carbonyl (C=O) groups is 2. The molecule has 15 nitrogen and oxygen atoms in total. The summed E-state index contributed by atoms with van der Waals surface area (Å²) in [6.45, 7) is 6.75. The van der Waals surface area contributed by atoms with Crippen molar-refractivity contribution < 1.29 is 48.5 Å². The third-order valence-corrected chi connectivity index (χ3v) is 12.7. The van der Waals surface area contributed by atoms with Gasteiger partial charge in [-0.2, -0.15) is 0 Å². The Hall–Kier alpha value is -6.55. The van der Waals surface area contributed by atoms with Gasteiger partial charge < -0.3 is 39.3 Å². The zero-order chi connectivity index (χ0) is 47.2. The molecule has 0 aromatic heterocycles. The number of unbranched alkanes of at least 4 members (excludes halogenated alkanes) is 2. The van der Waals surface area contributed by atoms with Crippen molar-refractivity contribution in [2.24, 2.45) is 22.9 Å². The van der Waals surface area contributed by atoms with Crippen LogP contribution in [0.2, 0.25) is 0 Å². The molecule has 2 aliphatic carbocycles. The van der Waals surface area contributed by atoms with Crippen molar-refractivity contribution in [2.45, 2.75) is 89.2 Å². The highest BCUT2D eigenvalue weighted by Crippen LogP contribution is 2.62. The monoisotopic (exact) mass is 916 g/mol. The number of aliphatic hydroxyl groups is 2. The standard InChI is InChI=1S/C52H60N4O11/c1-3-27-55(51(60)66-40-23-21-39(22-24-40)56(61)62)47-33-45(54-64-35-37-17-9-6-10-18-37)43-31-38(19-11-13-28-57)42(20-12-14-29-58)48-44-32-41(65-50(59)53-34-36-15-7-5-8-16-36)25-26-46(44)67-52(47,49(43)48)63-30-4-2/h4-10,15-18,21-26,31-32,38,42,47-49,57-58H,2-3,11-14,19-20,27-30,33-35H2,1H3,(H,53,59). The van der Waals surface area contributed by atoms with Crippen LogP contribution in [0.15, 0.2) is 133 Å². The van der Waals surface area contributed by atoms with Crippen molar-refractivity contribution in [1.82, 2.24) is 10.2 Å². The van der Waals surface area contributed by atoms with E-state index in [2.05, 4.69) is 18.0 Å². The molecule has 7 rings (SSSR count). The van der Waals surface area contributed by atoms with Gasteiger partial charge in [0.25, 0.3) is 5.69 Å². The van der Waals surface area contributed by atoms with Gasteiger partial charge in [0, 0.05) is 56.3 Å². The van der Waals surface area contributed by atoms with Crippen LogP contribution in [-0.4, -0.2) is 76.1 Å². The molecule has 6 atom stereocenters. The zero-order valence-electron chi connectivity index (χ0n) is 37.9. The molecule has 1 heterocycles. The number of rotatable bonds is 22. The fraction of sp³-hybridized carbons (Fsp3) is 0.404. The largest absolute Gasteiger partial charge is 0.459 e. The minimum Gasteiger partial charge on any atom is -0.459 e. The number of oxime groups is 1. The number of allylic oxidation sites excluding steroid dienone is 1.